The Hall–Kier alpha value is -1.75. The monoisotopic (exact) mass is 260 g/mol. The Morgan fingerprint density at radius 3 is 2.95 bits per heavy atom. The highest BCUT2D eigenvalue weighted by atomic mass is 19.1. The molecule has 0 saturated carbocycles. The van der Waals surface area contributed by atoms with Gasteiger partial charge in [0.05, 0.1) is 0 Å². The molecule has 2 N–H and O–H groups in total. The quantitative estimate of drug-likeness (QED) is 0.910. The van der Waals surface area contributed by atoms with Gasteiger partial charge in [0.1, 0.15) is 17.5 Å². The fraction of sp³-hybridized carbons (Fsp3) is 0.429. The molecule has 1 aliphatic rings. The molecule has 5 heteroatoms. The zero-order valence-electron chi connectivity index (χ0n) is 10.7. The second kappa shape index (κ2) is 5.09. The molecule has 1 aliphatic heterocycles. The predicted octanol–water partition coefficient (Wildman–Crippen LogP) is 1.53. The highest BCUT2D eigenvalue weighted by Gasteiger charge is 2.22. The molecular formula is C14H17FN4. The fourth-order valence-electron chi connectivity index (χ4n) is 2.60. The van der Waals surface area contributed by atoms with E-state index >= 15 is 0 Å². The summed E-state index contributed by atoms with van der Waals surface area (Å²) in [6.45, 7) is 1.57. The van der Waals surface area contributed by atoms with E-state index in [4.69, 9.17) is 5.73 Å². The lowest BCUT2D eigenvalue weighted by Gasteiger charge is -2.22. The third-order valence-corrected chi connectivity index (χ3v) is 3.78. The van der Waals surface area contributed by atoms with Gasteiger partial charge < -0.3 is 10.3 Å². The number of fused-ring (bicyclic) bond motifs is 1. The normalized spacial score (nSPS) is 18.3. The zero-order chi connectivity index (χ0) is 13.2. The van der Waals surface area contributed by atoms with Gasteiger partial charge in [0.25, 0.3) is 0 Å². The molecule has 2 heterocycles. The number of nitrogens with two attached hydrogens (primary N) is 1. The smallest absolute Gasteiger partial charge is 0.137 e. The highest BCUT2D eigenvalue weighted by molar-refractivity contribution is 5.21. The summed E-state index contributed by atoms with van der Waals surface area (Å²) in [6, 6.07) is 6.82. The summed E-state index contributed by atoms with van der Waals surface area (Å²) in [4.78, 5) is 0. The molecule has 100 valence electrons. The number of rotatable bonds is 3. The molecule has 1 aromatic carbocycles. The number of halogens is 1. The average Bonchev–Trinajstić information content (AvgIpc) is 2.83. The first-order valence-corrected chi connectivity index (χ1v) is 6.62. The molecule has 0 saturated heterocycles. The molecule has 0 fully saturated rings. The molecule has 1 aromatic heterocycles. The number of aromatic nitrogens is 3. The summed E-state index contributed by atoms with van der Waals surface area (Å²) in [5.41, 5.74) is 6.37. The van der Waals surface area contributed by atoms with Crippen molar-refractivity contribution in [3.63, 3.8) is 0 Å². The SMILES string of the molecule is NCC1CCn2c(Cc3ccccc3F)nnc2C1. The maximum Gasteiger partial charge on any atom is 0.137 e. The van der Waals surface area contributed by atoms with Crippen LogP contribution in [0, 0.1) is 11.7 Å². The Morgan fingerprint density at radius 2 is 2.16 bits per heavy atom. The summed E-state index contributed by atoms with van der Waals surface area (Å²) >= 11 is 0. The van der Waals surface area contributed by atoms with E-state index in [1.807, 2.05) is 6.07 Å². The van der Waals surface area contributed by atoms with Crippen molar-refractivity contribution >= 4 is 0 Å². The summed E-state index contributed by atoms with van der Waals surface area (Å²) in [5.74, 6) is 2.14. The van der Waals surface area contributed by atoms with E-state index in [0.717, 1.165) is 31.0 Å². The molecule has 3 rings (SSSR count). The molecule has 4 nitrogen and oxygen atoms in total. The van der Waals surface area contributed by atoms with Crippen LogP contribution in [0.5, 0.6) is 0 Å². The van der Waals surface area contributed by atoms with E-state index in [1.165, 1.54) is 6.07 Å². The molecule has 0 bridgehead atoms. The molecule has 19 heavy (non-hydrogen) atoms. The molecule has 2 aromatic rings. The van der Waals surface area contributed by atoms with E-state index in [-0.39, 0.29) is 5.82 Å². The second-order valence-electron chi connectivity index (χ2n) is 5.05. The van der Waals surface area contributed by atoms with Gasteiger partial charge in [-0.25, -0.2) is 4.39 Å². The Kier molecular flexibility index (Phi) is 3.29. The van der Waals surface area contributed by atoms with Crippen LogP contribution >= 0.6 is 0 Å². The third kappa shape index (κ3) is 2.38. The van der Waals surface area contributed by atoms with E-state index in [1.54, 1.807) is 12.1 Å². The zero-order valence-corrected chi connectivity index (χ0v) is 10.7. The molecule has 1 atom stereocenters. The first-order chi connectivity index (χ1) is 9.28. The van der Waals surface area contributed by atoms with Crippen LogP contribution in [-0.4, -0.2) is 21.3 Å². The van der Waals surface area contributed by atoms with Gasteiger partial charge in [-0.2, -0.15) is 0 Å². The standard InChI is InChI=1S/C14H17FN4/c15-12-4-2-1-3-11(12)8-14-18-17-13-7-10(9-16)5-6-19(13)14/h1-4,10H,5-9,16H2. The minimum absolute atomic E-state index is 0.185. The Morgan fingerprint density at radius 1 is 1.32 bits per heavy atom. The van der Waals surface area contributed by atoms with Gasteiger partial charge in [-0.15, -0.1) is 10.2 Å². The van der Waals surface area contributed by atoms with Crippen LogP contribution in [0.4, 0.5) is 4.39 Å². The van der Waals surface area contributed by atoms with Crippen molar-refractivity contribution in [1.82, 2.24) is 14.8 Å². The Balaban J connectivity index is 1.84. The Labute approximate surface area is 111 Å². The van der Waals surface area contributed by atoms with Crippen LogP contribution in [0.3, 0.4) is 0 Å². The van der Waals surface area contributed by atoms with Crippen molar-refractivity contribution < 1.29 is 4.39 Å². The molecule has 0 radical (unpaired) electrons. The van der Waals surface area contributed by atoms with Gasteiger partial charge in [0.15, 0.2) is 0 Å². The van der Waals surface area contributed by atoms with Crippen LogP contribution in [0.2, 0.25) is 0 Å². The molecule has 0 amide bonds. The van der Waals surface area contributed by atoms with Crippen LogP contribution in [0.15, 0.2) is 24.3 Å². The van der Waals surface area contributed by atoms with Crippen LogP contribution < -0.4 is 5.73 Å². The van der Waals surface area contributed by atoms with Gasteiger partial charge >= 0.3 is 0 Å². The van der Waals surface area contributed by atoms with Crippen LogP contribution in [-0.2, 0) is 19.4 Å². The van der Waals surface area contributed by atoms with Crippen molar-refractivity contribution in [2.75, 3.05) is 6.54 Å². The fourth-order valence-corrected chi connectivity index (χ4v) is 2.60. The number of nitrogens with zero attached hydrogens (tertiary/aromatic N) is 3. The number of benzene rings is 1. The maximum absolute atomic E-state index is 13.7. The topological polar surface area (TPSA) is 56.7 Å². The van der Waals surface area contributed by atoms with Crippen molar-refractivity contribution in [2.24, 2.45) is 11.7 Å². The van der Waals surface area contributed by atoms with E-state index in [2.05, 4.69) is 14.8 Å². The van der Waals surface area contributed by atoms with Gasteiger partial charge in [-0.3, -0.25) is 0 Å². The summed E-state index contributed by atoms with van der Waals surface area (Å²) in [6.07, 6.45) is 2.42. The van der Waals surface area contributed by atoms with Gasteiger partial charge in [-0.1, -0.05) is 18.2 Å². The lowest BCUT2D eigenvalue weighted by atomic mass is 9.98. The Bertz CT molecular complexity index is 579. The van der Waals surface area contributed by atoms with Crippen LogP contribution in [0.25, 0.3) is 0 Å². The third-order valence-electron chi connectivity index (χ3n) is 3.78. The first kappa shape index (κ1) is 12.3. The average molecular weight is 260 g/mol. The predicted molar refractivity (Wildman–Crippen MR) is 70.1 cm³/mol. The minimum atomic E-state index is -0.185. The first-order valence-electron chi connectivity index (χ1n) is 6.62. The van der Waals surface area contributed by atoms with Gasteiger partial charge in [0, 0.05) is 19.4 Å². The minimum Gasteiger partial charge on any atom is -0.330 e. The molecule has 0 aliphatic carbocycles. The summed E-state index contributed by atoms with van der Waals surface area (Å²) in [7, 11) is 0. The molecular weight excluding hydrogens is 243 g/mol. The van der Waals surface area contributed by atoms with Crippen molar-refractivity contribution in [3.05, 3.63) is 47.3 Å². The van der Waals surface area contributed by atoms with Crippen molar-refractivity contribution in [2.45, 2.75) is 25.8 Å². The number of hydrogen-bond donors (Lipinski definition) is 1. The lowest BCUT2D eigenvalue weighted by molar-refractivity contribution is 0.384. The van der Waals surface area contributed by atoms with Crippen LogP contribution in [0.1, 0.15) is 23.6 Å². The largest absolute Gasteiger partial charge is 0.330 e. The van der Waals surface area contributed by atoms with Gasteiger partial charge in [-0.05, 0) is 30.5 Å². The molecule has 0 spiro atoms. The highest BCUT2D eigenvalue weighted by Crippen LogP contribution is 2.21. The lowest BCUT2D eigenvalue weighted by Crippen LogP contribution is -2.26. The summed E-state index contributed by atoms with van der Waals surface area (Å²) < 4.78 is 15.8. The van der Waals surface area contributed by atoms with Crippen molar-refractivity contribution in [3.8, 4) is 0 Å². The molecule has 1 unspecified atom stereocenters. The second-order valence-corrected chi connectivity index (χ2v) is 5.05. The maximum atomic E-state index is 13.7. The van der Waals surface area contributed by atoms with E-state index in [0.29, 0.717) is 24.4 Å². The number of hydrogen-bond acceptors (Lipinski definition) is 3. The van der Waals surface area contributed by atoms with Crippen molar-refractivity contribution in [1.29, 1.82) is 0 Å². The van der Waals surface area contributed by atoms with E-state index < -0.39 is 0 Å². The van der Waals surface area contributed by atoms with Gasteiger partial charge in [0.2, 0.25) is 0 Å². The summed E-state index contributed by atoms with van der Waals surface area (Å²) in [5, 5.41) is 8.42. The van der Waals surface area contributed by atoms with E-state index in [9.17, 15) is 4.39 Å².